The number of rotatable bonds is 6. The lowest BCUT2D eigenvalue weighted by molar-refractivity contribution is -0.0349. The molecule has 4 aliphatic rings. The van der Waals surface area contributed by atoms with Gasteiger partial charge in [-0.15, -0.1) is 0 Å². The number of fused-ring (bicyclic) bond motifs is 4. The van der Waals surface area contributed by atoms with E-state index in [9.17, 15) is 4.79 Å². The second-order valence-electron chi connectivity index (χ2n) is 10.5. The third kappa shape index (κ3) is 4.36. The van der Waals surface area contributed by atoms with Gasteiger partial charge in [-0.25, -0.2) is 4.79 Å². The summed E-state index contributed by atoms with van der Waals surface area (Å²) in [5.41, 5.74) is 4.36. The molecule has 2 atom stereocenters. The third-order valence-electron chi connectivity index (χ3n) is 7.79. The van der Waals surface area contributed by atoms with Crippen LogP contribution in [0.25, 0.3) is 11.1 Å². The second-order valence-corrected chi connectivity index (χ2v) is 10.5. The van der Waals surface area contributed by atoms with Gasteiger partial charge in [0.2, 0.25) is 0 Å². The number of nitrogens with zero attached hydrogens (tertiary/aromatic N) is 1. The third-order valence-corrected chi connectivity index (χ3v) is 7.79. The Morgan fingerprint density at radius 1 is 1.15 bits per heavy atom. The van der Waals surface area contributed by atoms with Crippen LogP contribution in [-0.4, -0.2) is 50.4 Å². The van der Waals surface area contributed by atoms with E-state index in [1.807, 2.05) is 19.1 Å². The van der Waals surface area contributed by atoms with Gasteiger partial charge in [-0.2, -0.15) is 0 Å². The largest absolute Gasteiger partial charge is 0.496 e. The number of ether oxygens (including phenoxy) is 3. The molecule has 6 heteroatoms. The lowest BCUT2D eigenvalue weighted by atomic mass is 9.85. The van der Waals surface area contributed by atoms with Gasteiger partial charge in [0.15, 0.2) is 0 Å². The van der Waals surface area contributed by atoms with E-state index in [0.29, 0.717) is 12.5 Å². The first-order valence-corrected chi connectivity index (χ1v) is 12.5. The van der Waals surface area contributed by atoms with Gasteiger partial charge in [-0.3, -0.25) is 4.90 Å². The Morgan fingerprint density at radius 2 is 1.88 bits per heavy atom. The zero-order valence-corrected chi connectivity index (χ0v) is 20.7. The molecule has 2 aromatic carbocycles. The monoisotopic (exact) mass is 464 g/mol. The van der Waals surface area contributed by atoms with Crippen LogP contribution in [0.5, 0.6) is 11.5 Å². The summed E-state index contributed by atoms with van der Waals surface area (Å²) in [4.78, 5) is 15.4. The van der Waals surface area contributed by atoms with Crippen molar-refractivity contribution in [2.24, 2.45) is 11.3 Å². The number of nitrogens with one attached hydrogen (secondary N) is 1. The highest BCUT2D eigenvalue weighted by Crippen LogP contribution is 2.48. The Hall–Kier alpha value is -2.73. The molecular formula is C28H36N2O4. The van der Waals surface area contributed by atoms with Crippen molar-refractivity contribution in [3.05, 3.63) is 47.5 Å². The van der Waals surface area contributed by atoms with Crippen LogP contribution < -0.4 is 14.8 Å². The van der Waals surface area contributed by atoms with Crippen molar-refractivity contribution in [2.45, 2.75) is 52.2 Å². The van der Waals surface area contributed by atoms with E-state index in [2.05, 4.69) is 48.3 Å². The molecule has 2 bridgehead atoms. The molecule has 6 nitrogen and oxygen atoms in total. The zero-order chi connectivity index (χ0) is 23.9. The number of methoxy groups -OCH3 is 1. The van der Waals surface area contributed by atoms with Gasteiger partial charge < -0.3 is 19.5 Å². The first-order chi connectivity index (χ1) is 16.4. The molecule has 0 aromatic heterocycles. The van der Waals surface area contributed by atoms with Gasteiger partial charge >= 0.3 is 6.09 Å². The highest BCUT2D eigenvalue weighted by molar-refractivity contribution is 5.74. The second kappa shape index (κ2) is 9.14. The SMILES string of the molecule is CCOc1ccc(-c2cc3c(cc2OC)C(NC(=O)O[C@H]2CN4CCC2CC4)C(C)(C)C3)cc1. The van der Waals surface area contributed by atoms with Crippen molar-refractivity contribution in [1.29, 1.82) is 0 Å². The van der Waals surface area contributed by atoms with E-state index in [-0.39, 0.29) is 23.7 Å². The fourth-order valence-electron chi connectivity index (χ4n) is 5.97. The highest BCUT2D eigenvalue weighted by Gasteiger charge is 2.42. The van der Waals surface area contributed by atoms with E-state index >= 15 is 0 Å². The molecule has 0 spiro atoms. The van der Waals surface area contributed by atoms with Crippen LogP contribution in [0, 0.1) is 11.3 Å². The van der Waals surface area contributed by atoms with E-state index in [1.54, 1.807) is 7.11 Å². The molecule has 3 aliphatic heterocycles. The average Bonchev–Trinajstić information content (AvgIpc) is 3.08. The summed E-state index contributed by atoms with van der Waals surface area (Å²) < 4.78 is 17.3. The van der Waals surface area contributed by atoms with Gasteiger partial charge in [0.1, 0.15) is 17.6 Å². The van der Waals surface area contributed by atoms with Crippen LogP contribution >= 0.6 is 0 Å². The maximum atomic E-state index is 13.0. The lowest BCUT2D eigenvalue weighted by Crippen LogP contribution is -2.53. The van der Waals surface area contributed by atoms with Crippen molar-refractivity contribution in [2.75, 3.05) is 33.4 Å². The molecule has 3 saturated heterocycles. The lowest BCUT2D eigenvalue weighted by Gasteiger charge is -2.44. The molecule has 0 radical (unpaired) electrons. The number of alkyl carbamates (subject to hydrolysis) is 1. The minimum Gasteiger partial charge on any atom is -0.496 e. The van der Waals surface area contributed by atoms with E-state index < -0.39 is 0 Å². The molecule has 1 amide bonds. The van der Waals surface area contributed by atoms with Gasteiger partial charge in [0.05, 0.1) is 19.8 Å². The summed E-state index contributed by atoms with van der Waals surface area (Å²) >= 11 is 0. The predicted octanol–water partition coefficient (Wildman–Crippen LogP) is 5.20. The fraction of sp³-hybridized carbons (Fsp3) is 0.536. The van der Waals surface area contributed by atoms with E-state index in [0.717, 1.165) is 67.1 Å². The van der Waals surface area contributed by atoms with Crippen LogP contribution in [0.2, 0.25) is 0 Å². The maximum absolute atomic E-state index is 13.0. The van der Waals surface area contributed by atoms with Gasteiger partial charge in [-0.05, 0) is 91.6 Å². The molecule has 1 aliphatic carbocycles. The molecule has 3 fully saturated rings. The zero-order valence-electron chi connectivity index (χ0n) is 20.7. The van der Waals surface area contributed by atoms with Gasteiger partial charge in [0, 0.05) is 12.1 Å². The molecule has 182 valence electrons. The van der Waals surface area contributed by atoms with Gasteiger partial charge in [-0.1, -0.05) is 26.0 Å². The standard InChI is InChI=1S/C28H36N2O4/c1-5-33-21-8-6-18(7-9-21)22-14-20-16-28(2,3)26(23(20)15-24(22)32-4)29-27(31)34-25-17-30-12-10-19(25)11-13-30/h6-9,14-15,19,25-26H,5,10-13,16-17H2,1-4H3,(H,29,31)/t25-,26?/m0/s1. The van der Waals surface area contributed by atoms with Crippen LogP contribution in [0.4, 0.5) is 4.79 Å². The van der Waals surface area contributed by atoms with Crippen LogP contribution in [0.3, 0.4) is 0 Å². The molecule has 2 aromatic rings. The Morgan fingerprint density at radius 3 is 2.50 bits per heavy atom. The molecule has 0 saturated carbocycles. The Kier molecular flexibility index (Phi) is 6.19. The summed E-state index contributed by atoms with van der Waals surface area (Å²) in [6.07, 6.45) is 2.83. The Balaban J connectivity index is 1.37. The molecular weight excluding hydrogens is 428 g/mol. The van der Waals surface area contributed by atoms with Crippen molar-refractivity contribution < 1.29 is 19.0 Å². The van der Waals surface area contributed by atoms with Crippen molar-refractivity contribution >= 4 is 6.09 Å². The number of amides is 1. The fourth-order valence-corrected chi connectivity index (χ4v) is 5.97. The summed E-state index contributed by atoms with van der Waals surface area (Å²) in [7, 11) is 1.70. The summed E-state index contributed by atoms with van der Waals surface area (Å²) in [5.74, 6) is 2.16. The van der Waals surface area contributed by atoms with E-state index in [1.165, 1.54) is 5.56 Å². The minimum atomic E-state index is -0.306. The Labute approximate surface area is 202 Å². The molecule has 3 heterocycles. The molecule has 1 unspecified atom stereocenters. The molecule has 6 rings (SSSR count). The highest BCUT2D eigenvalue weighted by atomic mass is 16.6. The van der Waals surface area contributed by atoms with Crippen molar-refractivity contribution in [3.63, 3.8) is 0 Å². The first-order valence-electron chi connectivity index (χ1n) is 12.5. The summed E-state index contributed by atoms with van der Waals surface area (Å²) in [6.45, 7) is 10.2. The summed E-state index contributed by atoms with van der Waals surface area (Å²) in [5, 5.41) is 3.21. The number of carbonyl (C=O) groups is 1. The predicted molar refractivity (Wildman–Crippen MR) is 132 cm³/mol. The Bertz CT molecular complexity index is 1040. The van der Waals surface area contributed by atoms with E-state index in [4.69, 9.17) is 14.2 Å². The molecule has 34 heavy (non-hydrogen) atoms. The maximum Gasteiger partial charge on any atom is 0.407 e. The topological polar surface area (TPSA) is 60.0 Å². The van der Waals surface area contributed by atoms with Crippen LogP contribution in [0.15, 0.2) is 36.4 Å². The quantitative estimate of drug-likeness (QED) is 0.636. The summed E-state index contributed by atoms with van der Waals surface area (Å²) in [6, 6.07) is 12.3. The van der Waals surface area contributed by atoms with Crippen LogP contribution in [0.1, 0.15) is 50.8 Å². The molecule has 1 N–H and O–H groups in total. The van der Waals surface area contributed by atoms with Crippen molar-refractivity contribution in [1.82, 2.24) is 10.2 Å². The number of piperidine rings is 3. The number of hydrogen-bond acceptors (Lipinski definition) is 5. The number of hydrogen-bond donors (Lipinski definition) is 1. The number of benzene rings is 2. The van der Waals surface area contributed by atoms with Gasteiger partial charge in [0.25, 0.3) is 0 Å². The average molecular weight is 465 g/mol. The van der Waals surface area contributed by atoms with Crippen LogP contribution in [-0.2, 0) is 11.2 Å². The number of carbonyl (C=O) groups excluding carboxylic acids is 1. The van der Waals surface area contributed by atoms with Crippen molar-refractivity contribution in [3.8, 4) is 22.6 Å². The minimum absolute atomic E-state index is 0.00283. The first kappa shape index (κ1) is 23.0. The normalized spacial score (nSPS) is 26.6. The smallest absolute Gasteiger partial charge is 0.407 e.